The quantitative estimate of drug-likeness (QED) is 0.789. The van der Waals surface area contributed by atoms with Crippen molar-refractivity contribution >= 4 is 11.6 Å². The lowest BCUT2D eigenvalue weighted by Gasteiger charge is -2.20. The van der Waals surface area contributed by atoms with Gasteiger partial charge in [0.2, 0.25) is 0 Å². The molecule has 0 aromatic heterocycles. The Labute approximate surface area is 124 Å². The molecule has 0 aliphatic rings. The number of phenols is 1. The van der Waals surface area contributed by atoms with Gasteiger partial charge in [-0.2, -0.15) is 0 Å². The summed E-state index contributed by atoms with van der Waals surface area (Å²) in [5, 5.41) is 15.9. The van der Waals surface area contributed by atoms with E-state index in [0.29, 0.717) is 5.56 Å². The van der Waals surface area contributed by atoms with E-state index in [1.165, 1.54) is 0 Å². The Balaban J connectivity index is 2.23. The van der Waals surface area contributed by atoms with E-state index in [2.05, 4.69) is 10.6 Å². The average molecular weight is 284 g/mol. The zero-order valence-corrected chi connectivity index (χ0v) is 12.3. The van der Waals surface area contributed by atoms with Gasteiger partial charge in [-0.25, -0.2) is 0 Å². The smallest absolute Gasteiger partial charge is 0.251 e. The molecule has 0 bridgehead atoms. The second-order valence-corrected chi connectivity index (χ2v) is 4.82. The van der Waals surface area contributed by atoms with Crippen LogP contribution < -0.4 is 10.6 Å². The Kier molecular flexibility index (Phi) is 4.82. The molecule has 0 spiro atoms. The van der Waals surface area contributed by atoms with Crippen molar-refractivity contribution in [2.45, 2.75) is 19.4 Å². The lowest BCUT2D eigenvalue weighted by molar-refractivity contribution is 0.0963. The van der Waals surface area contributed by atoms with E-state index in [1.54, 1.807) is 25.2 Å². The van der Waals surface area contributed by atoms with Crippen LogP contribution in [-0.4, -0.2) is 18.1 Å². The van der Waals surface area contributed by atoms with Crippen LogP contribution in [0.25, 0.3) is 0 Å². The van der Waals surface area contributed by atoms with E-state index in [0.717, 1.165) is 17.7 Å². The zero-order chi connectivity index (χ0) is 15.2. The first-order valence-corrected chi connectivity index (χ1v) is 7.02. The Morgan fingerprint density at radius 3 is 2.62 bits per heavy atom. The van der Waals surface area contributed by atoms with Gasteiger partial charge >= 0.3 is 0 Å². The van der Waals surface area contributed by atoms with Crippen molar-refractivity contribution in [3.63, 3.8) is 0 Å². The molecule has 2 rings (SSSR count). The van der Waals surface area contributed by atoms with Crippen LogP contribution in [0.15, 0.2) is 48.5 Å². The molecule has 0 saturated carbocycles. The van der Waals surface area contributed by atoms with E-state index in [4.69, 9.17) is 0 Å². The largest absolute Gasteiger partial charge is 0.508 e. The number of hydrogen-bond donors (Lipinski definition) is 3. The van der Waals surface area contributed by atoms with E-state index in [-0.39, 0.29) is 17.7 Å². The first-order valence-electron chi connectivity index (χ1n) is 7.02. The molecule has 4 heteroatoms. The third-order valence-corrected chi connectivity index (χ3v) is 3.41. The average Bonchev–Trinajstić information content (AvgIpc) is 2.53. The number of benzene rings is 2. The fraction of sp³-hybridized carbons (Fsp3) is 0.235. The van der Waals surface area contributed by atoms with Gasteiger partial charge in [0.25, 0.3) is 5.91 Å². The second-order valence-electron chi connectivity index (χ2n) is 4.82. The number of rotatable bonds is 5. The molecule has 21 heavy (non-hydrogen) atoms. The van der Waals surface area contributed by atoms with Crippen molar-refractivity contribution in [3.8, 4) is 5.75 Å². The fourth-order valence-corrected chi connectivity index (χ4v) is 2.28. The maximum absolute atomic E-state index is 11.7. The van der Waals surface area contributed by atoms with Crippen molar-refractivity contribution in [2.24, 2.45) is 0 Å². The molecule has 0 fully saturated rings. The number of para-hydroxylation sites is 1. The van der Waals surface area contributed by atoms with Crippen molar-refractivity contribution in [1.82, 2.24) is 5.32 Å². The van der Waals surface area contributed by atoms with E-state index in [9.17, 15) is 9.90 Å². The highest BCUT2D eigenvalue weighted by Gasteiger charge is 2.13. The van der Waals surface area contributed by atoms with Crippen molar-refractivity contribution in [3.05, 3.63) is 59.7 Å². The predicted molar refractivity (Wildman–Crippen MR) is 84.6 cm³/mol. The van der Waals surface area contributed by atoms with Crippen molar-refractivity contribution in [1.29, 1.82) is 0 Å². The highest BCUT2D eigenvalue weighted by Crippen LogP contribution is 2.29. The Morgan fingerprint density at radius 2 is 1.95 bits per heavy atom. The summed E-state index contributed by atoms with van der Waals surface area (Å²) < 4.78 is 0. The maximum Gasteiger partial charge on any atom is 0.251 e. The predicted octanol–water partition coefficient (Wildman–Crippen LogP) is 3.32. The molecule has 110 valence electrons. The summed E-state index contributed by atoms with van der Waals surface area (Å²) in [6.45, 7) is 2.05. The van der Waals surface area contributed by atoms with Crippen molar-refractivity contribution in [2.75, 3.05) is 12.4 Å². The molecule has 4 nitrogen and oxygen atoms in total. The van der Waals surface area contributed by atoms with Gasteiger partial charge in [0.05, 0.1) is 6.04 Å². The molecule has 2 aromatic carbocycles. The summed E-state index contributed by atoms with van der Waals surface area (Å²) in [4.78, 5) is 11.7. The zero-order valence-electron chi connectivity index (χ0n) is 12.3. The number of carbonyl (C=O) groups excluding carboxylic acids is 1. The van der Waals surface area contributed by atoms with Gasteiger partial charge in [-0.3, -0.25) is 4.79 Å². The fourth-order valence-electron chi connectivity index (χ4n) is 2.28. The highest BCUT2D eigenvalue weighted by molar-refractivity contribution is 5.94. The highest BCUT2D eigenvalue weighted by atomic mass is 16.3. The van der Waals surface area contributed by atoms with Crippen LogP contribution in [0, 0.1) is 0 Å². The summed E-state index contributed by atoms with van der Waals surface area (Å²) >= 11 is 0. The first-order chi connectivity index (χ1) is 10.2. The third kappa shape index (κ3) is 3.54. The number of nitrogens with one attached hydrogen (secondary N) is 2. The molecule has 1 amide bonds. The van der Waals surface area contributed by atoms with Gasteiger partial charge in [-0.05, 0) is 30.7 Å². The molecular formula is C17H20N2O2. The number of amides is 1. The molecule has 0 aliphatic carbocycles. The van der Waals surface area contributed by atoms with Gasteiger partial charge < -0.3 is 15.7 Å². The van der Waals surface area contributed by atoms with Gasteiger partial charge in [-0.1, -0.05) is 31.2 Å². The minimum Gasteiger partial charge on any atom is -0.508 e. The van der Waals surface area contributed by atoms with E-state index < -0.39 is 0 Å². The van der Waals surface area contributed by atoms with E-state index >= 15 is 0 Å². The maximum atomic E-state index is 11.7. The first kappa shape index (κ1) is 14.9. The SMILES string of the molecule is CCC(Nc1cccc(C(=O)NC)c1)c1ccccc1O. The Bertz CT molecular complexity index is 626. The van der Waals surface area contributed by atoms with Crippen LogP contribution >= 0.6 is 0 Å². The summed E-state index contributed by atoms with van der Waals surface area (Å²) in [6, 6.07) is 14.6. The lowest BCUT2D eigenvalue weighted by atomic mass is 10.0. The number of anilines is 1. The Morgan fingerprint density at radius 1 is 1.19 bits per heavy atom. The van der Waals surface area contributed by atoms with Gasteiger partial charge in [0.15, 0.2) is 0 Å². The second kappa shape index (κ2) is 6.79. The monoisotopic (exact) mass is 284 g/mol. The van der Waals surface area contributed by atoms with Gasteiger partial charge in [-0.15, -0.1) is 0 Å². The number of aromatic hydroxyl groups is 1. The molecule has 0 saturated heterocycles. The molecule has 1 atom stereocenters. The van der Waals surface area contributed by atoms with Gasteiger partial charge in [0.1, 0.15) is 5.75 Å². The van der Waals surface area contributed by atoms with Crippen LogP contribution in [-0.2, 0) is 0 Å². The topological polar surface area (TPSA) is 61.4 Å². The normalized spacial score (nSPS) is 11.7. The minimum atomic E-state index is -0.116. The summed E-state index contributed by atoms with van der Waals surface area (Å²) in [5.74, 6) is 0.161. The van der Waals surface area contributed by atoms with E-state index in [1.807, 2.05) is 37.3 Å². The summed E-state index contributed by atoms with van der Waals surface area (Å²) in [6.07, 6.45) is 0.821. The molecule has 2 aromatic rings. The molecule has 3 N–H and O–H groups in total. The summed E-state index contributed by atoms with van der Waals surface area (Å²) in [7, 11) is 1.61. The third-order valence-electron chi connectivity index (χ3n) is 3.41. The molecular weight excluding hydrogens is 264 g/mol. The lowest BCUT2D eigenvalue weighted by Crippen LogP contribution is -2.18. The molecule has 0 aliphatic heterocycles. The van der Waals surface area contributed by atoms with Crippen LogP contribution in [0.1, 0.15) is 35.3 Å². The van der Waals surface area contributed by atoms with Crippen LogP contribution in [0.3, 0.4) is 0 Å². The number of hydrogen-bond acceptors (Lipinski definition) is 3. The number of carbonyl (C=O) groups is 1. The van der Waals surface area contributed by atoms with Crippen LogP contribution in [0.2, 0.25) is 0 Å². The van der Waals surface area contributed by atoms with Crippen LogP contribution in [0.5, 0.6) is 5.75 Å². The minimum absolute atomic E-state index is 0.00821. The van der Waals surface area contributed by atoms with Crippen LogP contribution in [0.4, 0.5) is 5.69 Å². The summed E-state index contributed by atoms with van der Waals surface area (Å²) in [5.41, 5.74) is 2.31. The standard InChI is InChI=1S/C17H20N2O2/c1-3-15(14-9-4-5-10-16(14)20)19-13-8-6-7-12(11-13)17(21)18-2/h4-11,15,19-20H,3H2,1-2H3,(H,18,21). The molecule has 0 radical (unpaired) electrons. The van der Waals surface area contributed by atoms with Gasteiger partial charge in [0, 0.05) is 23.9 Å². The Hall–Kier alpha value is -2.49. The molecule has 0 heterocycles. The molecule has 1 unspecified atom stereocenters. The number of phenolic OH excluding ortho intramolecular Hbond substituents is 1. The van der Waals surface area contributed by atoms with Crippen molar-refractivity contribution < 1.29 is 9.90 Å².